The summed E-state index contributed by atoms with van der Waals surface area (Å²) in [6.07, 6.45) is 5.59. The molecule has 0 spiro atoms. The Labute approximate surface area is 145 Å². The van der Waals surface area contributed by atoms with Crippen LogP contribution in [-0.2, 0) is 14.6 Å². The van der Waals surface area contributed by atoms with Crippen LogP contribution in [0.1, 0.15) is 49.1 Å². The van der Waals surface area contributed by atoms with Gasteiger partial charge in [0.15, 0.2) is 9.84 Å². The van der Waals surface area contributed by atoms with Gasteiger partial charge in [-0.05, 0) is 37.7 Å². The summed E-state index contributed by atoms with van der Waals surface area (Å²) in [6.45, 7) is 2.06. The Morgan fingerprint density at radius 2 is 1.92 bits per heavy atom. The molecule has 3 rings (SSSR count). The summed E-state index contributed by atoms with van der Waals surface area (Å²) >= 11 is 0. The third kappa shape index (κ3) is 3.51. The van der Waals surface area contributed by atoms with Gasteiger partial charge >= 0.3 is 0 Å². The number of sulfone groups is 1. The predicted octanol–water partition coefficient (Wildman–Crippen LogP) is 2.91. The van der Waals surface area contributed by atoms with Crippen LogP contribution in [0, 0.1) is 12.8 Å². The highest BCUT2D eigenvalue weighted by Crippen LogP contribution is 2.49. The maximum absolute atomic E-state index is 12.9. The van der Waals surface area contributed by atoms with Gasteiger partial charge in [0.05, 0.1) is 5.25 Å². The molecule has 0 radical (unpaired) electrons. The van der Waals surface area contributed by atoms with Crippen LogP contribution in [0.5, 0.6) is 0 Å². The summed E-state index contributed by atoms with van der Waals surface area (Å²) in [4.78, 5) is 14.6. The number of hydrogen-bond donors (Lipinski definition) is 0. The van der Waals surface area contributed by atoms with Gasteiger partial charge in [-0.25, -0.2) is 8.42 Å². The van der Waals surface area contributed by atoms with Crippen molar-refractivity contribution < 1.29 is 13.2 Å². The van der Waals surface area contributed by atoms with Crippen LogP contribution in [0.2, 0.25) is 0 Å². The van der Waals surface area contributed by atoms with E-state index in [4.69, 9.17) is 0 Å². The van der Waals surface area contributed by atoms with Crippen molar-refractivity contribution in [1.82, 2.24) is 4.90 Å². The molecular formula is C19H27NO3S. The molecule has 5 heteroatoms. The lowest BCUT2D eigenvalue weighted by molar-refractivity contribution is -0.133. The number of aryl methyl sites for hydroxylation is 1. The molecule has 0 aromatic heterocycles. The number of nitrogens with zero attached hydrogens (tertiary/aromatic N) is 1. The van der Waals surface area contributed by atoms with E-state index in [-0.39, 0.29) is 17.9 Å². The molecule has 4 atom stereocenters. The van der Waals surface area contributed by atoms with E-state index >= 15 is 0 Å². The largest absolute Gasteiger partial charge is 0.341 e. The summed E-state index contributed by atoms with van der Waals surface area (Å²) in [6, 6.07) is 8.17. The zero-order chi connectivity index (χ0) is 17.5. The second-order valence-electron chi connectivity index (χ2n) is 7.53. The maximum Gasteiger partial charge on any atom is 0.226 e. The number of benzene rings is 1. The molecule has 4 unspecified atom stereocenters. The highest BCUT2D eigenvalue weighted by Gasteiger charge is 2.47. The van der Waals surface area contributed by atoms with Crippen LogP contribution in [0.25, 0.3) is 0 Å². The standard InChI is InChI=1S/C19H27NO3S/c1-13-7-6-8-14(11-13)15-12-16(15)19(21)20(2)17-9-4-5-10-18(17)24(3,22)23/h6-8,11,15-18H,4-5,9-10,12H2,1-3H3. The number of hydrogen-bond acceptors (Lipinski definition) is 3. The Balaban J connectivity index is 1.71. The molecule has 0 aliphatic heterocycles. The van der Waals surface area contributed by atoms with Crippen molar-refractivity contribution in [2.75, 3.05) is 13.3 Å². The molecule has 0 saturated heterocycles. The third-order valence-electron chi connectivity index (χ3n) is 5.64. The minimum Gasteiger partial charge on any atom is -0.341 e. The first-order chi connectivity index (χ1) is 11.3. The smallest absolute Gasteiger partial charge is 0.226 e. The second kappa shape index (κ2) is 6.51. The van der Waals surface area contributed by atoms with Gasteiger partial charge in [-0.1, -0.05) is 42.7 Å². The fourth-order valence-electron chi connectivity index (χ4n) is 4.18. The molecule has 2 aliphatic rings. The van der Waals surface area contributed by atoms with E-state index in [1.54, 1.807) is 11.9 Å². The number of carbonyl (C=O) groups is 1. The van der Waals surface area contributed by atoms with Crippen LogP contribution in [0.15, 0.2) is 24.3 Å². The maximum atomic E-state index is 12.9. The Bertz CT molecular complexity index is 728. The zero-order valence-corrected chi connectivity index (χ0v) is 15.6. The van der Waals surface area contributed by atoms with Gasteiger partial charge in [-0.15, -0.1) is 0 Å². The number of rotatable bonds is 4. The lowest BCUT2D eigenvalue weighted by Gasteiger charge is -2.37. The second-order valence-corrected chi connectivity index (χ2v) is 9.80. The van der Waals surface area contributed by atoms with Crippen molar-refractivity contribution in [3.05, 3.63) is 35.4 Å². The van der Waals surface area contributed by atoms with E-state index in [2.05, 4.69) is 25.1 Å². The van der Waals surface area contributed by atoms with E-state index in [1.165, 1.54) is 17.4 Å². The van der Waals surface area contributed by atoms with Crippen molar-refractivity contribution in [2.24, 2.45) is 5.92 Å². The monoisotopic (exact) mass is 349 g/mol. The first-order valence-corrected chi connectivity index (χ1v) is 10.8. The van der Waals surface area contributed by atoms with E-state index in [0.717, 1.165) is 25.7 Å². The summed E-state index contributed by atoms with van der Waals surface area (Å²) < 4.78 is 24.2. The number of carbonyl (C=O) groups excluding carboxylic acids is 1. The SMILES string of the molecule is Cc1cccc(C2CC2C(=O)N(C)C2CCCCC2S(C)(=O)=O)c1. The molecule has 0 bridgehead atoms. The molecule has 1 amide bonds. The summed E-state index contributed by atoms with van der Waals surface area (Å²) in [7, 11) is -1.33. The van der Waals surface area contributed by atoms with Crippen molar-refractivity contribution in [1.29, 1.82) is 0 Å². The minimum atomic E-state index is -3.12. The predicted molar refractivity (Wildman–Crippen MR) is 95.7 cm³/mol. The van der Waals surface area contributed by atoms with Crippen molar-refractivity contribution in [3.8, 4) is 0 Å². The molecule has 0 N–H and O–H groups in total. The zero-order valence-electron chi connectivity index (χ0n) is 14.7. The summed E-state index contributed by atoms with van der Waals surface area (Å²) in [5.74, 6) is 0.418. The van der Waals surface area contributed by atoms with Crippen molar-refractivity contribution in [3.63, 3.8) is 0 Å². The van der Waals surface area contributed by atoms with Crippen LogP contribution in [0.4, 0.5) is 0 Å². The molecular weight excluding hydrogens is 322 g/mol. The van der Waals surface area contributed by atoms with Crippen molar-refractivity contribution >= 4 is 15.7 Å². The van der Waals surface area contributed by atoms with Crippen LogP contribution < -0.4 is 0 Å². The molecule has 1 aromatic carbocycles. The van der Waals surface area contributed by atoms with E-state index < -0.39 is 15.1 Å². The topological polar surface area (TPSA) is 54.5 Å². The van der Waals surface area contributed by atoms with E-state index in [1.807, 2.05) is 6.07 Å². The van der Waals surface area contributed by atoms with Gasteiger partial charge in [0, 0.05) is 25.3 Å². The molecule has 4 nitrogen and oxygen atoms in total. The Kier molecular flexibility index (Phi) is 4.73. The first kappa shape index (κ1) is 17.5. The lowest BCUT2D eigenvalue weighted by Crippen LogP contribution is -2.49. The van der Waals surface area contributed by atoms with Gasteiger partial charge in [-0.3, -0.25) is 4.79 Å². The first-order valence-electron chi connectivity index (χ1n) is 8.81. The van der Waals surface area contributed by atoms with Gasteiger partial charge in [-0.2, -0.15) is 0 Å². The van der Waals surface area contributed by atoms with Crippen LogP contribution in [-0.4, -0.2) is 43.8 Å². The fraction of sp³-hybridized carbons (Fsp3) is 0.632. The van der Waals surface area contributed by atoms with E-state index in [0.29, 0.717) is 12.3 Å². The summed E-state index contributed by atoms with van der Waals surface area (Å²) in [5, 5.41) is -0.406. The number of amides is 1. The third-order valence-corrected chi connectivity index (χ3v) is 7.29. The van der Waals surface area contributed by atoms with Crippen LogP contribution >= 0.6 is 0 Å². The minimum absolute atomic E-state index is 0.0129. The molecule has 132 valence electrons. The Morgan fingerprint density at radius 3 is 2.58 bits per heavy atom. The normalized spacial score (nSPS) is 30.0. The van der Waals surface area contributed by atoms with E-state index in [9.17, 15) is 13.2 Å². The van der Waals surface area contributed by atoms with Gasteiger partial charge < -0.3 is 4.90 Å². The Hall–Kier alpha value is -1.36. The van der Waals surface area contributed by atoms with Crippen LogP contribution in [0.3, 0.4) is 0 Å². The molecule has 24 heavy (non-hydrogen) atoms. The Morgan fingerprint density at radius 1 is 1.21 bits per heavy atom. The molecule has 2 aliphatic carbocycles. The highest BCUT2D eigenvalue weighted by molar-refractivity contribution is 7.91. The molecule has 0 heterocycles. The lowest BCUT2D eigenvalue weighted by atomic mass is 9.93. The van der Waals surface area contributed by atoms with Gasteiger partial charge in [0.1, 0.15) is 0 Å². The molecule has 2 fully saturated rings. The van der Waals surface area contributed by atoms with Gasteiger partial charge in [0.25, 0.3) is 0 Å². The average Bonchev–Trinajstić information content (AvgIpc) is 3.33. The quantitative estimate of drug-likeness (QED) is 0.840. The van der Waals surface area contributed by atoms with Crippen molar-refractivity contribution in [2.45, 2.75) is 56.2 Å². The average molecular weight is 349 g/mol. The highest BCUT2D eigenvalue weighted by atomic mass is 32.2. The summed E-state index contributed by atoms with van der Waals surface area (Å²) in [5.41, 5.74) is 2.44. The van der Waals surface area contributed by atoms with Gasteiger partial charge in [0.2, 0.25) is 5.91 Å². The molecule has 2 saturated carbocycles. The fourth-order valence-corrected chi connectivity index (χ4v) is 5.67. The molecule has 1 aromatic rings.